The van der Waals surface area contributed by atoms with Crippen molar-refractivity contribution in [3.8, 4) is 0 Å². The van der Waals surface area contributed by atoms with E-state index in [0.29, 0.717) is 0 Å². The number of carbonyl (C=O) groups excluding carboxylic acids is 7. The van der Waals surface area contributed by atoms with Crippen LogP contribution in [0.2, 0.25) is 0 Å². The summed E-state index contributed by atoms with van der Waals surface area (Å²) in [7, 11) is 0. The molecule has 0 aromatic heterocycles. The molecule has 18 nitrogen and oxygen atoms in total. The molecule has 248 valence electrons. The highest BCUT2D eigenvalue weighted by Gasteiger charge is 2.57. The molecule has 44 heavy (non-hydrogen) atoms. The van der Waals surface area contributed by atoms with Crippen LogP contribution in [0.15, 0.2) is 0 Å². The average Bonchev–Trinajstić information content (AvgIpc) is 2.87. The number of hydrogen-bond acceptors (Lipinski definition) is 18. The zero-order valence-corrected chi connectivity index (χ0v) is 25.1. The molecule has 5 unspecified atom stereocenters. The lowest BCUT2D eigenvalue weighted by Gasteiger charge is -2.48. The van der Waals surface area contributed by atoms with Crippen LogP contribution in [0.1, 0.15) is 48.5 Å². The molecule has 0 saturated carbocycles. The van der Waals surface area contributed by atoms with Crippen molar-refractivity contribution in [2.45, 2.75) is 110 Å². The molecule has 2 saturated heterocycles. The number of aliphatic hydroxyl groups excluding tert-OH is 1. The van der Waals surface area contributed by atoms with Crippen molar-refractivity contribution in [2.24, 2.45) is 0 Å². The van der Waals surface area contributed by atoms with Gasteiger partial charge in [0, 0.05) is 48.5 Å². The zero-order chi connectivity index (χ0) is 33.3. The number of hydrogen-bond donors (Lipinski definition) is 1. The van der Waals surface area contributed by atoms with E-state index < -0.39 is 116 Å². The minimum atomic E-state index is -1.90. The highest BCUT2D eigenvalue weighted by Crippen LogP contribution is 2.34. The highest BCUT2D eigenvalue weighted by molar-refractivity contribution is 5.69. The first-order valence-corrected chi connectivity index (χ1v) is 13.3. The van der Waals surface area contributed by atoms with Crippen LogP contribution in [-0.2, 0) is 80.9 Å². The fourth-order valence-corrected chi connectivity index (χ4v) is 4.49. The third-order valence-electron chi connectivity index (χ3n) is 5.90. The normalized spacial score (nSPS) is 31.5. The molecule has 2 rings (SSSR count). The number of esters is 7. The minimum Gasteiger partial charge on any atom is -0.463 e. The van der Waals surface area contributed by atoms with Crippen LogP contribution < -0.4 is 0 Å². The quantitative estimate of drug-likeness (QED) is 0.203. The Morgan fingerprint density at radius 2 is 0.841 bits per heavy atom. The topological polar surface area (TPSA) is 232 Å². The first-order valence-electron chi connectivity index (χ1n) is 13.3. The van der Waals surface area contributed by atoms with E-state index in [1.165, 1.54) is 0 Å². The molecule has 0 aliphatic carbocycles. The Hall–Kier alpha value is -3.87. The van der Waals surface area contributed by atoms with Gasteiger partial charge < -0.3 is 52.5 Å². The van der Waals surface area contributed by atoms with Crippen LogP contribution >= 0.6 is 0 Å². The molecule has 0 aromatic rings. The smallest absolute Gasteiger partial charge is 0.303 e. The molecule has 2 heterocycles. The Bertz CT molecular complexity index is 1090. The predicted octanol–water partition coefficient (Wildman–Crippen LogP) is -1.40. The van der Waals surface area contributed by atoms with Crippen molar-refractivity contribution in [3.05, 3.63) is 0 Å². The zero-order valence-electron chi connectivity index (χ0n) is 25.1. The molecule has 0 spiro atoms. The van der Waals surface area contributed by atoms with Gasteiger partial charge in [0.05, 0.1) is 0 Å². The molecule has 1 N–H and O–H groups in total. The van der Waals surface area contributed by atoms with Crippen molar-refractivity contribution in [3.63, 3.8) is 0 Å². The fraction of sp³-hybridized carbons (Fsp3) is 0.731. The van der Waals surface area contributed by atoms with Gasteiger partial charge in [-0.15, -0.1) is 0 Å². The Balaban J connectivity index is 2.66. The maximum Gasteiger partial charge on any atom is 0.303 e. The van der Waals surface area contributed by atoms with Crippen LogP contribution in [0.25, 0.3) is 0 Å². The van der Waals surface area contributed by atoms with Gasteiger partial charge in [0.25, 0.3) is 0 Å². The molecular weight excluding hydrogens is 600 g/mol. The number of ether oxygens (including phenoxy) is 10. The largest absolute Gasteiger partial charge is 0.463 e. The molecule has 2 fully saturated rings. The lowest BCUT2D eigenvalue weighted by molar-refractivity contribution is -0.357. The first kappa shape index (κ1) is 36.3. The summed E-state index contributed by atoms with van der Waals surface area (Å²) in [5, 5.41) is 10.6. The van der Waals surface area contributed by atoms with Crippen LogP contribution in [0.3, 0.4) is 0 Å². The predicted molar refractivity (Wildman–Crippen MR) is 135 cm³/mol. The second-order valence-corrected chi connectivity index (χ2v) is 9.68. The first-order chi connectivity index (χ1) is 20.5. The Morgan fingerprint density at radius 3 is 1.27 bits per heavy atom. The summed E-state index contributed by atoms with van der Waals surface area (Å²) >= 11 is 0. The Labute approximate surface area is 251 Å². The van der Waals surface area contributed by atoms with Crippen LogP contribution in [0.4, 0.5) is 0 Å². The average molecular weight is 637 g/mol. The van der Waals surface area contributed by atoms with Gasteiger partial charge in [-0.25, -0.2) is 0 Å². The molecule has 2 aliphatic rings. The maximum absolute atomic E-state index is 12.2. The van der Waals surface area contributed by atoms with Crippen LogP contribution in [0, 0.1) is 0 Å². The lowest BCUT2D eigenvalue weighted by Crippen LogP contribution is -2.67. The van der Waals surface area contributed by atoms with E-state index in [2.05, 4.69) is 0 Å². The summed E-state index contributed by atoms with van der Waals surface area (Å²) in [5.74, 6) is -6.03. The van der Waals surface area contributed by atoms with E-state index in [1.807, 2.05) is 0 Å². The van der Waals surface area contributed by atoms with Crippen molar-refractivity contribution in [1.29, 1.82) is 0 Å². The summed E-state index contributed by atoms with van der Waals surface area (Å²) < 4.78 is 54.1. The van der Waals surface area contributed by atoms with Gasteiger partial charge in [-0.2, -0.15) is 0 Å². The Kier molecular flexibility index (Phi) is 13.4. The number of rotatable bonds is 11. The SMILES string of the molecule is CC(=O)OCC1O[C@@H](O)C(OC(C)=O)C(OC(C)=O)[C@@H]1O[C@@H]1OC(COC(C)=O)[C@H](OC(C)=O)[C@H](OC(C)=O)C1OC(C)=O. The van der Waals surface area contributed by atoms with Gasteiger partial charge >= 0.3 is 41.8 Å². The summed E-state index contributed by atoms with van der Waals surface area (Å²) in [6.07, 6.45) is -16.3. The van der Waals surface area contributed by atoms with Crippen molar-refractivity contribution >= 4 is 41.8 Å². The van der Waals surface area contributed by atoms with Gasteiger partial charge in [-0.1, -0.05) is 0 Å². The van der Waals surface area contributed by atoms with E-state index in [9.17, 15) is 38.7 Å². The number of aliphatic hydroxyl groups is 1. The monoisotopic (exact) mass is 636 g/mol. The molecule has 0 radical (unpaired) electrons. The summed E-state index contributed by atoms with van der Waals surface area (Å²) in [6, 6.07) is 0. The molecule has 0 bridgehead atoms. The summed E-state index contributed by atoms with van der Waals surface area (Å²) in [4.78, 5) is 83.5. The minimum absolute atomic E-state index is 0.572. The van der Waals surface area contributed by atoms with Crippen molar-refractivity contribution < 1.29 is 86.0 Å². The molecule has 0 aromatic carbocycles. The summed E-state index contributed by atoms with van der Waals surface area (Å²) in [5.41, 5.74) is 0. The van der Waals surface area contributed by atoms with Gasteiger partial charge in [-0.3, -0.25) is 33.6 Å². The van der Waals surface area contributed by atoms with Crippen LogP contribution in [-0.4, -0.2) is 122 Å². The molecule has 0 amide bonds. The van der Waals surface area contributed by atoms with Crippen molar-refractivity contribution in [1.82, 2.24) is 0 Å². The van der Waals surface area contributed by atoms with Gasteiger partial charge in [-0.05, 0) is 0 Å². The third kappa shape index (κ3) is 10.7. The standard InChI is InChI=1S/C26H36O18/c1-10(27)35-8-17-20(21(38-13(4)30)23(25(34)42-17)40-15(6)32)44-26-24(41-16(7)33)22(39-14(5)31)19(37-12(3)29)18(43-26)9-36-11(2)28/h17-26,34H,8-9H2,1-7H3/t17?,18?,19-,20+,21?,22-,23?,24?,25+,26-/m0/s1. The van der Waals surface area contributed by atoms with Crippen LogP contribution in [0.5, 0.6) is 0 Å². The van der Waals surface area contributed by atoms with Crippen molar-refractivity contribution in [2.75, 3.05) is 13.2 Å². The van der Waals surface area contributed by atoms with E-state index in [-0.39, 0.29) is 0 Å². The molecular formula is C26H36O18. The second kappa shape index (κ2) is 16.3. The molecule has 18 heteroatoms. The highest BCUT2D eigenvalue weighted by atomic mass is 16.8. The van der Waals surface area contributed by atoms with Gasteiger partial charge in [0.2, 0.25) is 0 Å². The fourth-order valence-electron chi connectivity index (χ4n) is 4.49. The maximum atomic E-state index is 12.2. The van der Waals surface area contributed by atoms with E-state index >= 15 is 0 Å². The third-order valence-corrected chi connectivity index (χ3v) is 5.90. The Morgan fingerprint density at radius 1 is 0.477 bits per heavy atom. The van der Waals surface area contributed by atoms with Gasteiger partial charge in [0.1, 0.15) is 31.5 Å². The second-order valence-electron chi connectivity index (χ2n) is 9.68. The number of carbonyl (C=O) groups is 7. The van der Waals surface area contributed by atoms with E-state index in [4.69, 9.17) is 47.4 Å². The van der Waals surface area contributed by atoms with E-state index in [1.54, 1.807) is 0 Å². The molecule has 10 atom stereocenters. The van der Waals surface area contributed by atoms with E-state index in [0.717, 1.165) is 48.5 Å². The summed E-state index contributed by atoms with van der Waals surface area (Å²) in [6.45, 7) is 6.11. The molecule has 2 aliphatic heterocycles. The van der Waals surface area contributed by atoms with Gasteiger partial charge in [0.15, 0.2) is 43.1 Å². The lowest BCUT2D eigenvalue weighted by atomic mass is 9.96.